The topological polar surface area (TPSA) is 178 Å². The second-order valence-corrected chi connectivity index (χ2v) is 15.0. The summed E-state index contributed by atoms with van der Waals surface area (Å²) in [6.07, 6.45) is 0. The van der Waals surface area contributed by atoms with Crippen LogP contribution in [0.5, 0.6) is 11.5 Å². The van der Waals surface area contributed by atoms with Gasteiger partial charge in [-0.05, 0) is 73.2 Å². The largest absolute Gasteiger partial charge is 0.504 e. The Hall–Kier alpha value is -3.96. The molecule has 16 heteroatoms. The van der Waals surface area contributed by atoms with Gasteiger partial charge in [0.15, 0.2) is 11.5 Å². The number of primary sulfonamides is 1. The molecule has 2 aliphatic rings. The number of nitrogens with two attached hydrogens (primary N) is 1. The standard InChI is InChI=1S/C30H25BrN4O8S3/c1-2-43-21-13-15(3-12-20(21)36)23-24-25(28(39)35(27(24)38)18-8-4-16(31)5-9-18)44-29-26(23)45-30(40)34(29)14-22(37)33-17-6-10-19(11-7-17)46(32,41)42/h3-13,23-25,36H,2,14H2,1H3,(H,33,37)(H2,32,41,42)/t23-,24?,25?/m0/s1. The van der Waals surface area contributed by atoms with Crippen LogP contribution in [0.1, 0.15) is 23.3 Å². The Morgan fingerprint density at radius 1 is 1.04 bits per heavy atom. The van der Waals surface area contributed by atoms with Crippen LogP contribution in [-0.2, 0) is 31.0 Å². The van der Waals surface area contributed by atoms with Crippen molar-refractivity contribution < 1.29 is 32.6 Å². The molecule has 2 aliphatic heterocycles. The van der Waals surface area contributed by atoms with Gasteiger partial charge >= 0.3 is 4.87 Å². The summed E-state index contributed by atoms with van der Waals surface area (Å²) in [6.45, 7) is 1.63. The molecule has 1 aromatic heterocycles. The molecule has 6 rings (SSSR count). The van der Waals surface area contributed by atoms with Crippen LogP contribution in [0.2, 0.25) is 0 Å². The number of thioether (sulfide) groups is 1. The van der Waals surface area contributed by atoms with Crippen molar-refractivity contribution in [1.82, 2.24) is 4.57 Å². The van der Waals surface area contributed by atoms with E-state index in [0.29, 0.717) is 21.2 Å². The zero-order valence-electron chi connectivity index (χ0n) is 23.9. The number of carbonyl (C=O) groups excluding carboxylic acids is 3. The van der Waals surface area contributed by atoms with Crippen molar-refractivity contribution in [3.63, 3.8) is 0 Å². The highest BCUT2D eigenvalue weighted by molar-refractivity contribution is 9.10. The van der Waals surface area contributed by atoms with Gasteiger partial charge in [0.2, 0.25) is 27.7 Å². The lowest BCUT2D eigenvalue weighted by molar-refractivity contribution is -0.122. The smallest absolute Gasteiger partial charge is 0.308 e. The quantitative estimate of drug-likeness (QED) is 0.226. The maximum absolute atomic E-state index is 14.1. The summed E-state index contributed by atoms with van der Waals surface area (Å²) in [5.41, 5.74) is 1.25. The molecule has 0 radical (unpaired) electrons. The molecule has 4 N–H and O–H groups in total. The minimum absolute atomic E-state index is 0.0996. The Kier molecular flexibility index (Phi) is 8.58. The summed E-state index contributed by atoms with van der Waals surface area (Å²) in [5, 5.41) is 17.6. The number of imide groups is 1. The molecular weight excluding hydrogens is 720 g/mol. The molecule has 238 valence electrons. The molecule has 3 heterocycles. The van der Waals surface area contributed by atoms with Crippen LogP contribution in [0.25, 0.3) is 0 Å². The maximum Gasteiger partial charge on any atom is 0.308 e. The number of phenols is 1. The number of nitrogens with zero attached hydrogens (tertiary/aromatic N) is 2. The lowest BCUT2D eigenvalue weighted by atomic mass is 9.83. The number of phenolic OH excluding ortho intramolecular Hbond substituents is 1. The number of benzene rings is 3. The number of sulfonamides is 1. The summed E-state index contributed by atoms with van der Waals surface area (Å²) in [7, 11) is -3.92. The first-order valence-corrected chi connectivity index (χ1v) is 17.8. The summed E-state index contributed by atoms with van der Waals surface area (Å²) in [4.78, 5) is 55.6. The van der Waals surface area contributed by atoms with Crippen molar-refractivity contribution in [3.8, 4) is 11.5 Å². The number of hydrogen-bond donors (Lipinski definition) is 3. The van der Waals surface area contributed by atoms with Crippen LogP contribution in [0.4, 0.5) is 11.4 Å². The van der Waals surface area contributed by atoms with Gasteiger partial charge in [0, 0.05) is 21.0 Å². The Bertz CT molecular complexity index is 2050. The van der Waals surface area contributed by atoms with E-state index in [-0.39, 0.29) is 28.7 Å². The van der Waals surface area contributed by atoms with Gasteiger partial charge in [-0.25, -0.2) is 18.5 Å². The normalized spacial score (nSPS) is 19.1. The van der Waals surface area contributed by atoms with Crippen molar-refractivity contribution in [1.29, 1.82) is 0 Å². The number of nitrogens with one attached hydrogen (secondary N) is 1. The highest BCUT2D eigenvalue weighted by Crippen LogP contribution is 2.54. The van der Waals surface area contributed by atoms with Crippen LogP contribution in [0.15, 0.2) is 85.9 Å². The molecule has 0 spiro atoms. The molecule has 3 atom stereocenters. The highest BCUT2D eigenvalue weighted by atomic mass is 79.9. The molecular formula is C30H25BrN4O8S3. The van der Waals surface area contributed by atoms with E-state index >= 15 is 0 Å². The first-order chi connectivity index (χ1) is 21.9. The summed E-state index contributed by atoms with van der Waals surface area (Å²) < 4.78 is 30.8. The van der Waals surface area contributed by atoms with E-state index in [1.165, 1.54) is 34.9 Å². The highest BCUT2D eigenvalue weighted by Gasteiger charge is 2.57. The lowest BCUT2D eigenvalue weighted by Gasteiger charge is -2.31. The summed E-state index contributed by atoms with van der Waals surface area (Å²) in [5.74, 6) is -3.00. The Morgan fingerprint density at radius 3 is 2.39 bits per heavy atom. The van der Waals surface area contributed by atoms with Crippen molar-refractivity contribution in [2.24, 2.45) is 11.1 Å². The number of amides is 3. The number of aromatic nitrogens is 1. The predicted molar refractivity (Wildman–Crippen MR) is 176 cm³/mol. The van der Waals surface area contributed by atoms with E-state index in [2.05, 4.69) is 21.2 Å². The van der Waals surface area contributed by atoms with E-state index < -0.39 is 56.2 Å². The van der Waals surface area contributed by atoms with Gasteiger partial charge in [-0.15, -0.1) is 0 Å². The summed E-state index contributed by atoms with van der Waals surface area (Å²) in [6, 6.07) is 16.7. The van der Waals surface area contributed by atoms with Gasteiger partial charge < -0.3 is 15.2 Å². The number of fused-ring (bicyclic) bond motifs is 2. The zero-order valence-corrected chi connectivity index (χ0v) is 27.9. The van der Waals surface area contributed by atoms with Gasteiger partial charge in [-0.2, -0.15) is 0 Å². The van der Waals surface area contributed by atoms with Crippen LogP contribution in [0.3, 0.4) is 0 Å². The average molecular weight is 746 g/mol. The van der Waals surface area contributed by atoms with E-state index in [1.54, 1.807) is 43.3 Å². The number of thiazole rings is 1. The predicted octanol–water partition coefficient (Wildman–Crippen LogP) is 3.86. The van der Waals surface area contributed by atoms with Crippen molar-refractivity contribution in [3.05, 3.63) is 91.3 Å². The average Bonchev–Trinajstić information content (AvgIpc) is 3.45. The lowest BCUT2D eigenvalue weighted by Crippen LogP contribution is -2.33. The van der Waals surface area contributed by atoms with E-state index in [1.807, 2.05) is 0 Å². The molecule has 1 fully saturated rings. The van der Waals surface area contributed by atoms with E-state index in [0.717, 1.165) is 32.5 Å². The monoisotopic (exact) mass is 744 g/mol. The molecule has 0 bridgehead atoms. The van der Waals surface area contributed by atoms with Crippen LogP contribution >= 0.6 is 39.0 Å². The molecule has 46 heavy (non-hydrogen) atoms. The minimum Gasteiger partial charge on any atom is -0.504 e. The van der Waals surface area contributed by atoms with Gasteiger partial charge in [0.25, 0.3) is 0 Å². The van der Waals surface area contributed by atoms with Crippen LogP contribution < -0.4 is 25.0 Å². The molecule has 12 nitrogen and oxygen atoms in total. The van der Waals surface area contributed by atoms with Crippen molar-refractivity contribution in [2.45, 2.75) is 34.6 Å². The Balaban J connectivity index is 1.39. The van der Waals surface area contributed by atoms with Crippen molar-refractivity contribution in [2.75, 3.05) is 16.8 Å². The maximum atomic E-state index is 14.1. The van der Waals surface area contributed by atoms with E-state index in [9.17, 15) is 32.7 Å². The fourth-order valence-corrected chi connectivity index (χ4v) is 9.08. The summed E-state index contributed by atoms with van der Waals surface area (Å²) >= 11 is 5.32. The number of ether oxygens (including phenoxy) is 1. The molecule has 0 aliphatic carbocycles. The number of rotatable bonds is 8. The second kappa shape index (κ2) is 12.3. The molecule has 0 saturated carbocycles. The zero-order chi connectivity index (χ0) is 32.9. The molecule has 3 aromatic carbocycles. The van der Waals surface area contributed by atoms with Gasteiger partial charge in [-0.1, -0.05) is 45.1 Å². The van der Waals surface area contributed by atoms with Gasteiger partial charge in [0.1, 0.15) is 11.8 Å². The van der Waals surface area contributed by atoms with Gasteiger partial charge in [0.05, 0.1) is 28.1 Å². The Labute approximate surface area is 279 Å². The number of carbonyl (C=O) groups is 3. The van der Waals surface area contributed by atoms with Crippen LogP contribution in [-0.4, -0.2) is 47.7 Å². The number of anilines is 2. The minimum atomic E-state index is -3.92. The number of hydrogen-bond acceptors (Lipinski definition) is 10. The second-order valence-electron chi connectivity index (χ2n) is 10.4. The molecule has 2 unspecified atom stereocenters. The molecule has 3 amide bonds. The van der Waals surface area contributed by atoms with E-state index in [4.69, 9.17) is 9.88 Å². The van der Waals surface area contributed by atoms with Crippen molar-refractivity contribution >= 4 is 78.1 Å². The molecule has 4 aromatic rings. The fraction of sp³-hybridized carbons (Fsp3) is 0.200. The molecule has 1 saturated heterocycles. The number of aromatic hydroxyl groups is 1. The fourth-order valence-electron chi connectivity index (χ4n) is 5.53. The first-order valence-electron chi connectivity index (χ1n) is 13.8. The third kappa shape index (κ3) is 5.86. The first kappa shape index (κ1) is 32.0. The third-order valence-corrected chi connectivity index (χ3v) is 11.6. The van der Waals surface area contributed by atoms with Crippen LogP contribution in [0, 0.1) is 5.92 Å². The van der Waals surface area contributed by atoms with Gasteiger partial charge in [-0.3, -0.25) is 23.7 Å². The number of halogens is 1. The third-order valence-electron chi connectivity index (χ3n) is 7.55. The SMILES string of the molecule is CCOc1cc([C@@H]2c3sc(=O)n(CC(=O)Nc4ccc(S(N)(=O)=O)cc4)c3SC3C(=O)N(c4ccc(Br)cc4)C(=O)C32)ccc1O. The Morgan fingerprint density at radius 2 is 1.74 bits per heavy atom.